The van der Waals surface area contributed by atoms with E-state index >= 15 is 0 Å². The van der Waals surface area contributed by atoms with Crippen LogP contribution < -0.4 is 14.8 Å². The molecule has 4 nitrogen and oxygen atoms in total. The molecule has 0 saturated heterocycles. The van der Waals surface area contributed by atoms with E-state index in [1.807, 2.05) is 0 Å². The van der Waals surface area contributed by atoms with Crippen molar-refractivity contribution in [3.8, 4) is 11.5 Å². The molecule has 154 valence electrons. The average Bonchev–Trinajstić information content (AvgIpc) is 2.65. The highest BCUT2D eigenvalue weighted by atomic mass is 19.4. The number of alkyl halides is 6. The van der Waals surface area contributed by atoms with E-state index in [9.17, 15) is 26.3 Å². The molecule has 0 aliphatic heterocycles. The van der Waals surface area contributed by atoms with Crippen molar-refractivity contribution >= 4 is 22.3 Å². The van der Waals surface area contributed by atoms with Crippen molar-refractivity contribution < 1.29 is 35.8 Å². The number of ether oxygens (including phenoxy) is 2. The molecule has 1 N–H and O–H groups in total. The maximum Gasteiger partial charge on any atom is 0.433 e. The number of hydrogen-bond acceptors (Lipinski definition) is 4. The number of aromatic nitrogens is 1. The second-order valence-corrected chi connectivity index (χ2v) is 5.98. The maximum absolute atomic E-state index is 13.3. The molecule has 1 aromatic heterocycles. The summed E-state index contributed by atoms with van der Waals surface area (Å²) in [5.41, 5.74) is -2.31. The Kier molecular flexibility index (Phi) is 5.20. The molecular formula is C19H14F6N2O2. The van der Waals surface area contributed by atoms with Crippen LogP contribution in [-0.2, 0) is 12.4 Å². The number of nitrogens with zero attached hydrogens (tertiary/aromatic N) is 1. The Morgan fingerprint density at radius 1 is 0.828 bits per heavy atom. The number of pyridine rings is 1. The third kappa shape index (κ3) is 4.30. The number of benzene rings is 2. The molecule has 0 aliphatic rings. The van der Waals surface area contributed by atoms with Crippen LogP contribution >= 0.6 is 0 Å². The normalized spacial score (nSPS) is 12.1. The average molecular weight is 416 g/mol. The Morgan fingerprint density at radius 2 is 1.48 bits per heavy atom. The highest BCUT2D eigenvalue weighted by Crippen LogP contribution is 2.39. The first-order chi connectivity index (χ1) is 13.5. The largest absolute Gasteiger partial charge is 0.493 e. The van der Waals surface area contributed by atoms with Crippen molar-refractivity contribution in [2.45, 2.75) is 12.4 Å². The number of rotatable bonds is 4. The summed E-state index contributed by atoms with van der Waals surface area (Å²) in [7, 11) is 2.67. The second-order valence-electron chi connectivity index (χ2n) is 5.98. The van der Waals surface area contributed by atoms with Gasteiger partial charge in [0.1, 0.15) is 5.69 Å². The minimum absolute atomic E-state index is 0.0322. The quantitative estimate of drug-likeness (QED) is 0.527. The lowest BCUT2D eigenvalue weighted by molar-refractivity contribution is -0.141. The molecule has 0 atom stereocenters. The van der Waals surface area contributed by atoms with Gasteiger partial charge < -0.3 is 14.8 Å². The van der Waals surface area contributed by atoms with Crippen molar-refractivity contribution in [1.82, 2.24) is 4.98 Å². The maximum atomic E-state index is 13.3. The van der Waals surface area contributed by atoms with Crippen LogP contribution in [0.5, 0.6) is 11.5 Å². The highest BCUT2D eigenvalue weighted by molar-refractivity contribution is 5.95. The van der Waals surface area contributed by atoms with Crippen LogP contribution in [0, 0.1) is 0 Å². The van der Waals surface area contributed by atoms with Gasteiger partial charge in [0.2, 0.25) is 0 Å². The van der Waals surface area contributed by atoms with Crippen molar-refractivity contribution in [3.63, 3.8) is 0 Å². The molecule has 10 heteroatoms. The van der Waals surface area contributed by atoms with E-state index in [0.29, 0.717) is 0 Å². The van der Waals surface area contributed by atoms with Gasteiger partial charge in [0.25, 0.3) is 0 Å². The number of halogens is 6. The lowest BCUT2D eigenvalue weighted by atomic mass is 10.1. The van der Waals surface area contributed by atoms with Crippen LogP contribution in [-0.4, -0.2) is 19.2 Å². The standard InChI is InChI=1S/C19H14F6N2O2/c1-28-15-7-12-13(8-16(15)29-2)27-17(19(23,24)25)9-14(12)26-11-5-3-4-10(6-11)18(20,21)22/h3-9H,1-2H3,(H,26,27). The van der Waals surface area contributed by atoms with E-state index < -0.39 is 23.6 Å². The van der Waals surface area contributed by atoms with E-state index in [4.69, 9.17) is 9.47 Å². The summed E-state index contributed by atoms with van der Waals surface area (Å²) in [6.07, 6.45) is -9.35. The molecule has 0 unspecified atom stereocenters. The minimum atomic E-state index is -4.76. The number of methoxy groups -OCH3 is 2. The van der Waals surface area contributed by atoms with Gasteiger partial charge in [-0.3, -0.25) is 0 Å². The van der Waals surface area contributed by atoms with Gasteiger partial charge in [-0.25, -0.2) is 4.98 Å². The number of hydrogen-bond donors (Lipinski definition) is 1. The second kappa shape index (κ2) is 7.34. The van der Waals surface area contributed by atoms with E-state index in [-0.39, 0.29) is 33.8 Å². The zero-order valence-electron chi connectivity index (χ0n) is 15.1. The summed E-state index contributed by atoms with van der Waals surface area (Å²) in [5, 5.41) is 2.84. The fourth-order valence-corrected chi connectivity index (χ4v) is 2.73. The topological polar surface area (TPSA) is 43.4 Å². The van der Waals surface area contributed by atoms with Crippen molar-refractivity contribution in [2.75, 3.05) is 19.5 Å². The Labute approximate surface area is 161 Å². The molecule has 1 heterocycles. The lowest BCUT2D eigenvalue weighted by Gasteiger charge is -2.16. The molecule has 0 aliphatic carbocycles. The van der Waals surface area contributed by atoms with Crippen LogP contribution in [0.25, 0.3) is 10.9 Å². The predicted octanol–water partition coefficient (Wildman–Crippen LogP) is 6.03. The first kappa shape index (κ1) is 20.6. The van der Waals surface area contributed by atoms with Gasteiger partial charge in [0.15, 0.2) is 11.5 Å². The molecule has 2 aromatic carbocycles. The third-order valence-electron chi connectivity index (χ3n) is 4.07. The van der Waals surface area contributed by atoms with Gasteiger partial charge in [-0.05, 0) is 30.3 Å². The Hall–Kier alpha value is -3.17. The van der Waals surface area contributed by atoms with Crippen molar-refractivity contribution in [1.29, 1.82) is 0 Å². The summed E-state index contributed by atoms with van der Waals surface area (Å²) in [4.78, 5) is 3.61. The molecule has 0 saturated carbocycles. The van der Waals surface area contributed by atoms with Crippen LogP contribution in [0.2, 0.25) is 0 Å². The summed E-state index contributed by atoms with van der Waals surface area (Å²) in [6.45, 7) is 0. The highest BCUT2D eigenvalue weighted by Gasteiger charge is 2.34. The molecule has 3 aromatic rings. The predicted molar refractivity (Wildman–Crippen MR) is 94.6 cm³/mol. The molecule has 29 heavy (non-hydrogen) atoms. The zero-order valence-corrected chi connectivity index (χ0v) is 15.1. The van der Waals surface area contributed by atoms with Gasteiger partial charge in [0, 0.05) is 17.1 Å². The SMILES string of the molecule is COc1cc2nc(C(F)(F)F)cc(Nc3cccc(C(F)(F)F)c3)c2cc1OC. The minimum Gasteiger partial charge on any atom is -0.493 e. The fourth-order valence-electron chi connectivity index (χ4n) is 2.73. The van der Waals surface area contributed by atoms with Crippen LogP contribution in [0.1, 0.15) is 11.3 Å². The summed E-state index contributed by atoms with van der Waals surface area (Å²) >= 11 is 0. The first-order valence-corrected chi connectivity index (χ1v) is 8.11. The number of nitrogens with one attached hydrogen (secondary N) is 1. The van der Waals surface area contributed by atoms with Crippen LogP contribution in [0.4, 0.5) is 37.7 Å². The van der Waals surface area contributed by atoms with Crippen LogP contribution in [0.15, 0.2) is 42.5 Å². The van der Waals surface area contributed by atoms with Crippen molar-refractivity contribution in [2.24, 2.45) is 0 Å². The fraction of sp³-hybridized carbons (Fsp3) is 0.211. The zero-order chi connectivity index (χ0) is 21.4. The lowest BCUT2D eigenvalue weighted by Crippen LogP contribution is -2.09. The van der Waals surface area contributed by atoms with Gasteiger partial charge in [-0.1, -0.05) is 6.07 Å². The van der Waals surface area contributed by atoms with E-state index in [1.54, 1.807) is 0 Å². The van der Waals surface area contributed by atoms with Gasteiger partial charge >= 0.3 is 12.4 Å². The van der Waals surface area contributed by atoms with Gasteiger partial charge in [-0.15, -0.1) is 0 Å². The van der Waals surface area contributed by atoms with Gasteiger partial charge in [0.05, 0.1) is 31.0 Å². The number of anilines is 2. The van der Waals surface area contributed by atoms with E-state index in [0.717, 1.165) is 24.3 Å². The first-order valence-electron chi connectivity index (χ1n) is 8.11. The smallest absolute Gasteiger partial charge is 0.433 e. The molecule has 0 radical (unpaired) electrons. The molecule has 3 rings (SSSR count). The monoisotopic (exact) mass is 416 g/mol. The van der Waals surface area contributed by atoms with Crippen LogP contribution in [0.3, 0.4) is 0 Å². The Morgan fingerprint density at radius 3 is 2.07 bits per heavy atom. The Balaban J connectivity index is 2.19. The summed E-state index contributed by atoms with van der Waals surface area (Å²) < 4.78 is 88.9. The molecule has 0 bridgehead atoms. The number of fused-ring (bicyclic) bond motifs is 1. The molecule has 0 amide bonds. The third-order valence-corrected chi connectivity index (χ3v) is 4.07. The van der Waals surface area contributed by atoms with E-state index in [2.05, 4.69) is 10.3 Å². The molecule has 0 spiro atoms. The Bertz CT molecular complexity index is 1050. The van der Waals surface area contributed by atoms with Gasteiger partial charge in [-0.2, -0.15) is 26.3 Å². The molecular weight excluding hydrogens is 402 g/mol. The van der Waals surface area contributed by atoms with Crippen molar-refractivity contribution in [3.05, 3.63) is 53.7 Å². The summed E-state index contributed by atoms with van der Waals surface area (Å²) in [5.74, 6) is 0.394. The van der Waals surface area contributed by atoms with E-state index in [1.165, 1.54) is 32.4 Å². The summed E-state index contributed by atoms with van der Waals surface area (Å²) in [6, 6.07) is 7.54. The molecule has 0 fully saturated rings.